The molecule has 3 aromatic rings. The van der Waals surface area contributed by atoms with Gasteiger partial charge in [0.05, 0.1) is 11.6 Å². The van der Waals surface area contributed by atoms with Gasteiger partial charge < -0.3 is 13.9 Å². The molecule has 3 rings (SSSR count). The second-order valence-corrected chi connectivity index (χ2v) is 6.25. The highest BCUT2D eigenvalue weighted by Gasteiger charge is 2.19. The lowest BCUT2D eigenvalue weighted by Crippen LogP contribution is -2.43. The maximum absolute atomic E-state index is 12.3. The Labute approximate surface area is 166 Å². The molecule has 0 radical (unpaired) electrons. The molecule has 8 heteroatoms. The van der Waals surface area contributed by atoms with E-state index in [0.29, 0.717) is 34.3 Å². The highest BCUT2D eigenvalue weighted by Crippen LogP contribution is 2.30. The van der Waals surface area contributed by atoms with Crippen molar-refractivity contribution in [1.29, 1.82) is 0 Å². The molecule has 2 N–H and O–H groups in total. The van der Waals surface area contributed by atoms with E-state index < -0.39 is 11.8 Å². The van der Waals surface area contributed by atoms with E-state index in [4.69, 9.17) is 25.5 Å². The second-order valence-electron chi connectivity index (χ2n) is 5.84. The Hall–Kier alpha value is -3.19. The monoisotopic (exact) mass is 402 g/mol. The van der Waals surface area contributed by atoms with Gasteiger partial charge in [0, 0.05) is 10.9 Å². The van der Waals surface area contributed by atoms with Crippen LogP contribution in [0.15, 0.2) is 46.9 Å². The molecule has 2 amide bonds. The molecule has 28 heavy (non-hydrogen) atoms. The Balaban J connectivity index is 1.59. The summed E-state index contributed by atoms with van der Waals surface area (Å²) in [4.78, 5) is 24.3. The summed E-state index contributed by atoms with van der Waals surface area (Å²) in [7, 11) is 0. The van der Waals surface area contributed by atoms with Gasteiger partial charge in [-0.3, -0.25) is 20.4 Å². The number of benzene rings is 2. The van der Waals surface area contributed by atoms with Gasteiger partial charge in [-0.25, -0.2) is 0 Å². The van der Waals surface area contributed by atoms with E-state index >= 15 is 0 Å². The lowest BCUT2D eigenvalue weighted by molar-refractivity contribution is -0.123. The maximum atomic E-state index is 12.3. The van der Waals surface area contributed by atoms with Crippen molar-refractivity contribution in [1.82, 2.24) is 10.9 Å². The normalized spacial score (nSPS) is 10.5. The molecule has 0 bridgehead atoms. The number of nitrogens with one attached hydrogen (secondary N) is 2. The van der Waals surface area contributed by atoms with E-state index in [9.17, 15) is 9.59 Å². The number of furan rings is 1. The summed E-state index contributed by atoms with van der Waals surface area (Å²) in [6, 6.07) is 12.3. The molecule has 0 atom stereocenters. The Bertz CT molecular complexity index is 1010. The predicted molar refractivity (Wildman–Crippen MR) is 105 cm³/mol. The number of hydrazine groups is 1. The van der Waals surface area contributed by atoms with Crippen molar-refractivity contribution in [2.75, 3.05) is 13.2 Å². The minimum absolute atomic E-state index is 0.0750. The highest BCUT2D eigenvalue weighted by molar-refractivity contribution is 6.35. The summed E-state index contributed by atoms with van der Waals surface area (Å²) in [6.45, 7) is 3.78. The first-order valence-electron chi connectivity index (χ1n) is 8.62. The van der Waals surface area contributed by atoms with Gasteiger partial charge in [0.1, 0.15) is 0 Å². The molecule has 146 valence electrons. The number of carbonyl (C=O) groups excluding carboxylic acids is 2. The molecule has 0 fully saturated rings. The van der Waals surface area contributed by atoms with Crippen molar-refractivity contribution in [3.8, 4) is 11.5 Å². The first-order chi connectivity index (χ1) is 13.5. The fourth-order valence-electron chi connectivity index (χ4n) is 2.63. The van der Waals surface area contributed by atoms with Crippen LogP contribution in [0.5, 0.6) is 11.5 Å². The van der Waals surface area contributed by atoms with Crippen molar-refractivity contribution in [2.45, 2.75) is 13.8 Å². The smallest absolute Gasteiger partial charge is 0.305 e. The number of carbonyl (C=O) groups is 2. The van der Waals surface area contributed by atoms with E-state index in [1.54, 1.807) is 49.4 Å². The minimum atomic E-state index is -0.590. The summed E-state index contributed by atoms with van der Waals surface area (Å²) < 4.78 is 16.4. The predicted octanol–water partition coefficient (Wildman–Crippen LogP) is 3.63. The van der Waals surface area contributed by atoms with Gasteiger partial charge in [0.15, 0.2) is 29.4 Å². The molecule has 0 aliphatic carbocycles. The van der Waals surface area contributed by atoms with Gasteiger partial charge in [-0.05, 0) is 32.0 Å². The average Bonchev–Trinajstić information content (AvgIpc) is 3.04. The van der Waals surface area contributed by atoms with Crippen LogP contribution in [-0.2, 0) is 4.79 Å². The van der Waals surface area contributed by atoms with E-state index in [2.05, 4.69) is 10.9 Å². The fraction of sp³-hybridized carbons (Fsp3) is 0.200. The molecule has 1 heterocycles. The van der Waals surface area contributed by atoms with Gasteiger partial charge in [0.25, 0.3) is 5.91 Å². The summed E-state index contributed by atoms with van der Waals surface area (Å²) in [5.41, 5.74) is 5.66. The van der Waals surface area contributed by atoms with Crippen LogP contribution in [-0.4, -0.2) is 25.0 Å². The van der Waals surface area contributed by atoms with E-state index in [0.717, 1.165) is 5.39 Å². The van der Waals surface area contributed by atoms with Crippen LogP contribution >= 0.6 is 11.6 Å². The van der Waals surface area contributed by atoms with Gasteiger partial charge in [-0.15, -0.1) is 0 Å². The zero-order chi connectivity index (χ0) is 20.1. The third-order valence-electron chi connectivity index (χ3n) is 3.95. The van der Waals surface area contributed by atoms with Crippen molar-refractivity contribution in [3.63, 3.8) is 0 Å². The topological polar surface area (TPSA) is 89.8 Å². The Morgan fingerprint density at radius 1 is 1.04 bits per heavy atom. The standard InChI is InChI=1S/C20H19ClN2O5/c1-3-26-15-9-4-5-10-16(15)27-11-17(24)22-23-20(25)18-12(2)13-7-6-8-14(21)19(13)28-18/h4-10H,3,11H2,1-2H3,(H,22,24)(H,23,25). The van der Waals surface area contributed by atoms with Crippen molar-refractivity contribution in [2.24, 2.45) is 0 Å². The van der Waals surface area contributed by atoms with Crippen LogP contribution in [0.2, 0.25) is 5.02 Å². The summed E-state index contributed by atoms with van der Waals surface area (Å²) >= 11 is 6.09. The number of aryl methyl sites for hydroxylation is 1. The number of hydrogen-bond acceptors (Lipinski definition) is 5. The Morgan fingerprint density at radius 3 is 2.43 bits per heavy atom. The molecule has 2 aromatic carbocycles. The molecule has 0 aliphatic rings. The summed E-state index contributed by atoms with van der Waals surface area (Å²) in [5, 5.41) is 1.14. The second kappa shape index (κ2) is 8.67. The molecule has 0 aliphatic heterocycles. The number of halogens is 1. The zero-order valence-electron chi connectivity index (χ0n) is 15.4. The molecule has 0 unspecified atom stereocenters. The van der Waals surface area contributed by atoms with Crippen LogP contribution in [0.1, 0.15) is 23.0 Å². The van der Waals surface area contributed by atoms with E-state index in [1.165, 1.54) is 0 Å². The molecule has 0 saturated heterocycles. The molecule has 7 nitrogen and oxygen atoms in total. The zero-order valence-corrected chi connectivity index (χ0v) is 16.1. The third kappa shape index (κ3) is 4.20. The van der Waals surface area contributed by atoms with Crippen molar-refractivity contribution < 1.29 is 23.5 Å². The first-order valence-corrected chi connectivity index (χ1v) is 9.00. The number of hydrogen-bond donors (Lipinski definition) is 2. The van der Waals surface area contributed by atoms with Crippen LogP contribution in [0.4, 0.5) is 0 Å². The van der Waals surface area contributed by atoms with Crippen LogP contribution < -0.4 is 20.3 Å². The van der Waals surface area contributed by atoms with Crippen molar-refractivity contribution in [3.05, 3.63) is 58.8 Å². The third-order valence-corrected chi connectivity index (χ3v) is 4.24. The van der Waals surface area contributed by atoms with E-state index in [-0.39, 0.29) is 12.4 Å². The van der Waals surface area contributed by atoms with Crippen molar-refractivity contribution >= 4 is 34.4 Å². The highest BCUT2D eigenvalue weighted by atomic mass is 35.5. The summed E-state index contributed by atoms with van der Waals surface area (Å²) in [5.74, 6) is -0.0736. The van der Waals surface area contributed by atoms with Crippen LogP contribution in [0.3, 0.4) is 0 Å². The number of rotatable bonds is 6. The van der Waals surface area contributed by atoms with Gasteiger partial charge >= 0.3 is 5.91 Å². The largest absolute Gasteiger partial charge is 0.490 e. The van der Waals surface area contributed by atoms with Gasteiger partial charge in [-0.1, -0.05) is 35.9 Å². The number of para-hydroxylation sites is 3. The van der Waals surface area contributed by atoms with E-state index in [1.807, 2.05) is 6.92 Å². The molecular weight excluding hydrogens is 384 g/mol. The summed E-state index contributed by atoms with van der Waals surface area (Å²) in [6.07, 6.45) is 0. The number of fused-ring (bicyclic) bond motifs is 1. The fourth-order valence-corrected chi connectivity index (χ4v) is 2.85. The van der Waals surface area contributed by atoms with Crippen LogP contribution in [0.25, 0.3) is 11.0 Å². The Morgan fingerprint density at radius 2 is 1.75 bits per heavy atom. The average molecular weight is 403 g/mol. The maximum Gasteiger partial charge on any atom is 0.305 e. The minimum Gasteiger partial charge on any atom is -0.490 e. The quantitative estimate of drug-likeness (QED) is 0.614. The SMILES string of the molecule is CCOc1ccccc1OCC(=O)NNC(=O)c1oc2c(Cl)cccc2c1C. The Kier molecular flexibility index (Phi) is 6.06. The molecule has 0 spiro atoms. The van der Waals surface area contributed by atoms with Crippen LogP contribution in [0, 0.1) is 6.92 Å². The lowest BCUT2D eigenvalue weighted by Gasteiger charge is -2.11. The molecule has 1 aromatic heterocycles. The molecule has 0 saturated carbocycles. The van der Waals surface area contributed by atoms with Gasteiger partial charge in [-0.2, -0.15) is 0 Å². The number of ether oxygens (including phenoxy) is 2. The van der Waals surface area contributed by atoms with Gasteiger partial charge in [0.2, 0.25) is 0 Å². The first kappa shape index (κ1) is 19.6. The lowest BCUT2D eigenvalue weighted by atomic mass is 10.1. The number of amides is 2. The molecular formula is C20H19ClN2O5.